The van der Waals surface area contributed by atoms with Gasteiger partial charge in [0.25, 0.3) is 0 Å². The molecule has 1 saturated heterocycles. The summed E-state index contributed by atoms with van der Waals surface area (Å²) in [6, 6.07) is 0. The van der Waals surface area contributed by atoms with Gasteiger partial charge in [-0.15, -0.1) is 11.8 Å². The standard InChI is InChI=1S/C14H22N2O4S/c1-9(2)8-16-13(19)6-11(14(16)20)21-5-4-12(18)15-7-10(3)17/h9,11H,4-8H2,1-3H3,(H,15,18). The fraction of sp³-hybridized carbons (Fsp3) is 0.714. The van der Waals surface area contributed by atoms with E-state index in [0.29, 0.717) is 12.3 Å². The van der Waals surface area contributed by atoms with Crippen LogP contribution in [0.4, 0.5) is 0 Å². The van der Waals surface area contributed by atoms with E-state index in [1.807, 2.05) is 13.8 Å². The Morgan fingerprint density at radius 3 is 2.62 bits per heavy atom. The first kappa shape index (κ1) is 17.7. The zero-order chi connectivity index (χ0) is 16.0. The minimum atomic E-state index is -0.378. The third kappa shape index (κ3) is 5.87. The van der Waals surface area contributed by atoms with Gasteiger partial charge >= 0.3 is 0 Å². The van der Waals surface area contributed by atoms with Crippen LogP contribution in [0, 0.1) is 5.92 Å². The number of ketones is 1. The Hall–Kier alpha value is -1.37. The highest BCUT2D eigenvalue weighted by molar-refractivity contribution is 8.00. The van der Waals surface area contributed by atoms with Crippen molar-refractivity contribution in [1.82, 2.24) is 10.2 Å². The number of Topliss-reactive ketones (excluding diaryl/α,β-unsaturated/α-hetero) is 1. The van der Waals surface area contributed by atoms with Crippen LogP contribution in [0.5, 0.6) is 0 Å². The van der Waals surface area contributed by atoms with Gasteiger partial charge in [0.1, 0.15) is 5.78 Å². The third-order valence-corrected chi connectivity index (χ3v) is 4.14. The molecule has 1 rings (SSSR count). The second-order valence-corrected chi connectivity index (χ2v) is 6.84. The molecule has 0 saturated carbocycles. The Morgan fingerprint density at radius 2 is 2.05 bits per heavy atom. The smallest absolute Gasteiger partial charge is 0.242 e. The number of imide groups is 1. The zero-order valence-electron chi connectivity index (χ0n) is 12.7. The molecule has 1 aliphatic rings. The molecular formula is C14H22N2O4S. The molecule has 0 spiro atoms. The fourth-order valence-corrected chi connectivity index (χ4v) is 3.06. The van der Waals surface area contributed by atoms with Crippen molar-refractivity contribution in [2.45, 2.75) is 38.9 Å². The molecule has 3 amide bonds. The number of likely N-dealkylation sites (tertiary alicyclic amines) is 1. The Balaban J connectivity index is 2.33. The first-order valence-corrected chi connectivity index (χ1v) is 8.08. The minimum absolute atomic E-state index is 0.0342. The Morgan fingerprint density at radius 1 is 1.38 bits per heavy atom. The highest BCUT2D eigenvalue weighted by Gasteiger charge is 2.38. The van der Waals surface area contributed by atoms with Crippen LogP contribution < -0.4 is 5.32 Å². The van der Waals surface area contributed by atoms with Gasteiger partial charge in [-0.25, -0.2) is 0 Å². The molecule has 0 aliphatic carbocycles. The Kier molecular flexibility index (Phi) is 6.87. The summed E-state index contributed by atoms with van der Waals surface area (Å²) in [5.74, 6) is 0.114. The number of rotatable bonds is 8. The van der Waals surface area contributed by atoms with Gasteiger partial charge in [0.15, 0.2) is 0 Å². The molecular weight excluding hydrogens is 292 g/mol. The van der Waals surface area contributed by atoms with E-state index in [9.17, 15) is 19.2 Å². The predicted octanol–water partition coefficient (Wildman–Crippen LogP) is 0.598. The molecule has 0 bridgehead atoms. The molecule has 6 nitrogen and oxygen atoms in total. The van der Waals surface area contributed by atoms with E-state index in [1.54, 1.807) is 0 Å². The van der Waals surface area contributed by atoms with E-state index >= 15 is 0 Å². The summed E-state index contributed by atoms with van der Waals surface area (Å²) in [5, 5.41) is 2.12. The monoisotopic (exact) mass is 314 g/mol. The van der Waals surface area contributed by atoms with Crippen molar-refractivity contribution in [3.8, 4) is 0 Å². The summed E-state index contributed by atoms with van der Waals surface area (Å²) >= 11 is 1.33. The largest absolute Gasteiger partial charge is 0.349 e. The number of carbonyl (C=O) groups is 4. The van der Waals surface area contributed by atoms with E-state index < -0.39 is 0 Å². The molecule has 0 radical (unpaired) electrons. The van der Waals surface area contributed by atoms with Crippen LogP contribution in [0.15, 0.2) is 0 Å². The van der Waals surface area contributed by atoms with Crippen LogP contribution in [0.1, 0.15) is 33.6 Å². The Labute approximate surface area is 129 Å². The van der Waals surface area contributed by atoms with E-state index in [1.165, 1.54) is 23.6 Å². The molecule has 1 N–H and O–H groups in total. The van der Waals surface area contributed by atoms with Gasteiger partial charge in [-0.3, -0.25) is 24.1 Å². The molecule has 1 fully saturated rings. The SMILES string of the molecule is CC(=O)CNC(=O)CCSC1CC(=O)N(CC(C)C)C1=O. The second kappa shape index (κ2) is 8.17. The summed E-state index contributed by atoms with van der Waals surface area (Å²) in [6.07, 6.45) is 0.450. The number of carbonyl (C=O) groups excluding carboxylic acids is 4. The van der Waals surface area contributed by atoms with Gasteiger partial charge in [0.2, 0.25) is 17.7 Å². The maximum Gasteiger partial charge on any atom is 0.242 e. The first-order chi connectivity index (χ1) is 9.81. The van der Waals surface area contributed by atoms with Gasteiger partial charge < -0.3 is 5.32 Å². The van der Waals surface area contributed by atoms with Crippen molar-refractivity contribution >= 4 is 35.3 Å². The minimum Gasteiger partial charge on any atom is -0.349 e. The van der Waals surface area contributed by atoms with Gasteiger partial charge in [0, 0.05) is 25.1 Å². The topological polar surface area (TPSA) is 83.6 Å². The number of nitrogens with one attached hydrogen (secondary N) is 1. The lowest BCUT2D eigenvalue weighted by molar-refractivity contribution is -0.138. The number of nitrogens with zero attached hydrogens (tertiary/aromatic N) is 1. The molecule has 1 unspecified atom stereocenters. The van der Waals surface area contributed by atoms with Gasteiger partial charge in [-0.2, -0.15) is 0 Å². The van der Waals surface area contributed by atoms with Gasteiger partial charge in [0.05, 0.1) is 11.8 Å². The van der Waals surface area contributed by atoms with Crippen molar-refractivity contribution in [1.29, 1.82) is 0 Å². The molecule has 7 heteroatoms. The van der Waals surface area contributed by atoms with E-state index in [0.717, 1.165) is 0 Å². The summed E-state index contributed by atoms with van der Waals surface area (Å²) in [7, 11) is 0. The average molecular weight is 314 g/mol. The van der Waals surface area contributed by atoms with Crippen molar-refractivity contribution in [3.05, 3.63) is 0 Å². The van der Waals surface area contributed by atoms with Crippen molar-refractivity contribution < 1.29 is 19.2 Å². The van der Waals surface area contributed by atoms with E-state index in [-0.39, 0.29) is 54.1 Å². The number of hydrogen-bond acceptors (Lipinski definition) is 5. The van der Waals surface area contributed by atoms with Crippen LogP contribution in [-0.4, -0.2) is 52.5 Å². The third-order valence-electron chi connectivity index (χ3n) is 2.93. The normalized spacial score (nSPS) is 18.5. The maximum atomic E-state index is 12.1. The van der Waals surface area contributed by atoms with Crippen molar-refractivity contribution in [2.24, 2.45) is 5.92 Å². The second-order valence-electron chi connectivity index (χ2n) is 5.53. The van der Waals surface area contributed by atoms with Crippen LogP contribution in [0.25, 0.3) is 0 Å². The molecule has 1 atom stereocenters. The lowest BCUT2D eigenvalue weighted by atomic mass is 10.2. The first-order valence-electron chi connectivity index (χ1n) is 7.03. The van der Waals surface area contributed by atoms with E-state index in [2.05, 4.69) is 5.32 Å². The molecule has 1 heterocycles. The highest BCUT2D eigenvalue weighted by atomic mass is 32.2. The van der Waals surface area contributed by atoms with Gasteiger partial charge in [-0.05, 0) is 12.8 Å². The van der Waals surface area contributed by atoms with Gasteiger partial charge in [-0.1, -0.05) is 13.8 Å². The number of hydrogen-bond donors (Lipinski definition) is 1. The van der Waals surface area contributed by atoms with Crippen LogP contribution in [-0.2, 0) is 19.2 Å². The summed E-state index contributed by atoms with van der Waals surface area (Å²) < 4.78 is 0. The molecule has 0 aromatic carbocycles. The zero-order valence-corrected chi connectivity index (χ0v) is 13.5. The summed E-state index contributed by atoms with van der Waals surface area (Å²) in [5.41, 5.74) is 0. The highest BCUT2D eigenvalue weighted by Crippen LogP contribution is 2.26. The quantitative estimate of drug-likeness (QED) is 0.663. The molecule has 1 aliphatic heterocycles. The lowest BCUT2D eigenvalue weighted by Crippen LogP contribution is -2.34. The predicted molar refractivity (Wildman–Crippen MR) is 80.7 cm³/mol. The summed E-state index contributed by atoms with van der Waals surface area (Å²) in [4.78, 5) is 47.3. The summed E-state index contributed by atoms with van der Waals surface area (Å²) in [6.45, 7) is 5.81. The molecule has 0 aromatic rings. The van der Waals surface area contributed by atoms with Crippen LogP contribution >= 0.6 is 11.8 Å². The Bertz CT molecular complexity index is 437. The molecule has 0 aromatic heterocycles. The fourth-order valence-electron chi connectivity index (χ4n) is 1.95. The van der Waals surface area contributed by atoms with Crippen molar-refractivity contribution in [2.75, 3.05) is 18.8 Å². The number of amides is 3. The van der Waals surface area contributed by atoms with Crippen LogP contribution in [0.2, 0.25) is 0 Å². The van der Waals surface area contributed by atoms with E-state index in [4.69, 9.17) is 0 Å². The van der Waals surface area contributed by atoms with Crippen LogP contribution in [0.3, 0.4) is 0 Å². The number of thioether (sulfide) groups is 1. The maximum absolute atomic E-state index is 12.1. The lowest BCUT2D eigenvalue weighted by Gasteiger charge is -2.16. The average Bonchev–Trinajstić information content (AvgIpc) is 2.64. The molecule has 118 valence electrons. The van der Waals surface area contributed by atoms with Crippen molar-refractivity contribution in [3.63, 3.8) is 0 Å². The molecule has 21 heavy (non-hydrogen) atoms.